The van der Waals surface area contributed by atoms with Gasteiger partial charge in [0.15, 0.2) is 0 Å². The van der Waals surface area contributed by atoms with E-state index in [2.05, 4.69) is 15.6 Å². The van der Waals surface area contributed by atoms with Gasteiger partial charge in [-0.2, -0.15) is 0 Å². The second kappa shape index (κ2) is 10.3. The van der Waals surface area contributed by atoms with E-state index in [9.17, 15) is 9.59 Å². The highest BCUT2D eigenvalue weighted by molar-refractivity contribution is 7.13. The van der Waals surface area contributed by atoms with Crippen LogP contribution in [0.15, 0.2) is 60.0 Å². The molecule has 32 heavy (non-hydrogen) atoms. The number of likely N-dealkylation sites (tertiary alicyclic amines) is 1. The fourth-order valence-corrected chi connectivity index (χ4v) is 4.39. The van der Waals surface area contributed by atoms with Crippen molar-refractivity contribution in [3.05, 3.63) is 65.7 Å². The van der Waals surface area contributed by atoms with Gasteiger partial charge in [-0.05, 0) is 56.2 Å². The molecule has 1 saturated heterocycles. The van der Waals surface area contributed by atoms with Crippen molar-refractivity contribution in [3.63, 3.8) is 0 Å². The largest absolute Gasteiger partial charge is 0.494 e. The average molecular weight is 451 g/mol. The first kappa shape index (κ1) is 21.8. The lowest BCUT2D eigenvalue weighted by Crippen LogP contribution is -2.47. The Kier molecular flexibility index (Phi) is 7.01. The summed E-state index contributed by atoms with van der Waals surface area (Å²) < 4.78 is 5.47. The van der Waals surface area contributed by atoms with Crippen molar-refractivity contribution in [2.75, 3.05) is 25.0 Å². The van der Waals surface area contributed by atoms with E-state index in [4.69, 9.17) is 4.74 Å². The average Bonchev–Trinajstić information content (AvgIpc) is 3.31. The van der Waals surface area contributed by atoms with Crippen molar-refractivity contribution in [1.29, 1.82) is 0 Å². The SMILES string of the molecule is CCOc1ccc(-c2nc(C(=O)NC3CCN(C(=O)Nc4ccccc4)CC3)cs2)cc1. The molecule has 0 unspecified atom stereocenters. The Labute approximate surface area is 191 Å². The molecule has 0 saturated carbocycles. The van der Waals surface area contributed by atoms with E-state index in [0.29, 0.717) is 38.2 Å². The van der Waals surface area contributed by atoms with Gasteiger partial charge in [0, 0.05) is 35.8 Å². The molecule has 0 spiro atoms. The number of ether oxygens (including phenoxy) is 1. The van der Waals surface area contributed by atoms with Gasteiger partial charge in [-0.3, -0.25) is 4.79 Å². The number of anilines is 1. The van der Waals surface area contributed by atoms with Gasteiger partial charge in [0.05, 0.1) is 6.61 Å². The molecule has 3 amide bonds. The van der Waals surface area contributed by atoms with Crippen molar-refractivity contribution in [2.24, 2.45) is 0 Å². The lowest BCUT2D eigenvalue weighted by molar-refractivity contribution is 0.0915. The standard InChI is InChI=1S/C24H26N4O3S/c1-2-31-20-10-8-17(9-11-20)23-27-21(16-32-23)22(29)25-19-12-14-28(15-13-19)24(30)26-18-6-4-3-5-7-18/h3-11,16,19H,2,12-15H2,1H3,(H,25,29)(H,26,30). The van der Waals surface area contributed by atoms with E-state index in [0.717, 1.165) is 22.0 Å². The quantitative estimate of drug-likeness (QED) is 0.573. The number of para-hydroxylation sites is 1. The molecule has 2 heterocycles. The van der Waals surface area contributed by atoms with Crippen molar-refractivity contribution >= 4 is 29.0 Å². The molecule has 0 atom stereocenters. The minimum absolute atomic E-state index is 0.0268. The summed E-state index contributed by atoms with van der Waals surface area (Å²) in [7, 11) is 0. The highest BCUT2D eigenvalue weighted by atomic mass is 32.1. The first-order valence-electron chi connectivity index (χ1n) is 10.7. The minimum Gasteiger partial charge on any atom is -0.494 e. The van der Waals surface area contributed by atoms with Gasteiger partial charge in [0.2, 0.25) is 0 Å². The molecule has 166 valence electrons. The monoisotopic (exact) mass is 450 g/mol. The highest BCUT2D eigenvalue weighted by Gasteiger charge is 2.25. The van der Waals surface area contributed by atoms with Crippen molar-refractivity contribution < 1.29 is 14.3 Å². The van der Waals surface area contributed by atoms with Crippen LogP contribution in [0.25, 0.3) is 10.6 Å². The number of nitrogens with one attached hydrogen (secondary N) is 2. The fraction of sp³-hybridized carbons (Fsp3) is 0.292. The molecule has 0 radical (unpaired) electrons. The number of rotatable bonds is 6. The number of thiazole rings is 1. The molecular formula is C24H26N4O3S. The maximum absolute atomic E-state index is 12.7. The van der Waals surface area contributed by atoms with E-state index in [1.165, 1.54) is 11.3 Å². The first-order valence-corrected chi connectivity index (χ1v) is 11.6. The molecule has 1 aliphatic heterocycles. The van der Waals surface area contributed by atoms with Crippen LogP contribution in [0.3, 0.4) is 0 Å². The molecule has 0 aliphatic carbocycles. The van der Waals surface area contributed by atoms with Crippen LogP contribution in [0.1, 0.15) is 30.3 Å². The number of piperidine rings is 1. The number of aromatic nitrogens is 1. The molecule has 1 aromatic heterocycles. The van der Waals surface area contributed by atoms with Crippen LogP contribution in [-0.4, -0.2) is 47.6 Å². The number of benzene rings is 2. The van der Waals surface area contributed by atoms with Crippen LogP contribution in [0.5, 0.6) is 5.75 Å². The van der Waals surface area contributed by atoms with Crippen LogP contribution in [0, 0.1) is 0 Å². The summed E-state index contributed by atoms with van der Waals surface area (Å²) in [6, 6.07) is 17.0. The summed E-state index contributed by atoms with van der Waals surface area (Å²) in [5.41, 5.74) is 2.15. The smallest absolute Gasteiger partial charge is 0.321 e. The van der Waals surface area contributed by atoms with Crippen LogP contribution in [0.2, 0.25) is 0 Å². The third-order valence-electron chi connectivity index (χ3n) is 5.29. The number of amides is 3. The normalized spacial score (nSPS) is 14.1. The third kappa shape index (κ3) is 5.45. The van der Waals surface area contributed by atoms with E-state index in [1.807, 2.05) is 61.5 Å². The molecule has 2 N–H and O–H groups in total. The van der Waals surface area contributed by atoms with Crippen LogP contribution >= 0.6 is 11.3 Å². The number of hydrogen-bond acceptors (Lipinski definition) is 5. The van der Waals surface area contributed by atoms with Crippen molar-refractivity contribution in [3.8, 4) is 16.3 Å². The Morgan fingerprint density at radius 1 is 1.09 bits per heavy atom. The zero-order valence-corrected chi connectivity index (χ0v) is 18.7. The zero-order valence-electron chi connectivity index (χ0n) is 17.9. The summed E-state index contributed by atoms with van der Waals surface area (Å²) in [5.74, 6) is 0.639. The van der Waals surface area contributed by atoms with Crippen LogP contribution < -0.4 is 15.4 Å². The molecule has 2 aromatic carbocycles. The van der Waals surface area contributed by atoms with Gasteiger partial charge in [-0.15, -0.1) is 11.3 Å². The Balaban J connectivity index is 1.27. The number of carbonyl (C=O) groups is 2. The Hall–Kier alpha value is -3.39. The Bertz CT molecular complexity index is 1040. The van der Waals surface area contributed by atoms with Gasteiger partial charge in [0.1, 0.15) is 16.5 Å². The maximum atomic E-state index is 12.7. The van der Waals surface area contributed by atoms with Crippen molar-refractivity contribution in [1.82, 2.24) is 15.2 Å². The summed E-state index contributed by atoms with van der Waals surface area (Å²) in [6.07, 6.45) is 1.42. The molecule has 7 nitrogen and oxygen atoms in total. The first-order chi connectivity index (χ1) is 15.6. The van der Waals surface area contributed by atoms with Gasteiger partial charge in [-0.1, -0.05) is 18.2 Å². The van der Waals surface area contributed by atoms with Gasteiger partial charge >= 0.3 is 6.03 Å². The summed E-state index contributed by atoms with van der Waals surface area (Å²) in [6.45, 7) is 3.76. The topological polar surface area (TPSA) is 83.6 Å². The van der Waals surface area contributed by atoms with E-state index >= 15 is 0 Å². The van der Waals surface area contributed by atoms with Crippen LogP contribution in [-0.2, 0) is 0 Å². The number of hydrogen-bond donors (Lipinski definition) is 2. The third-order valence-corrected chi connectivity index (χ3v) is 6.18. The summed E-state index contributed by atoms with van der Waals surface area (Å²) >= 11 is 1.44. The molecule has 4 rings (SSSR count). The van der Waals surface area contributed by atoms with Gasteiger partial charge in [0.25, 0.3) is 5.91 Å². The fourth-order valence-electron chi connectivity index (χ4n) is 3.58. The zero-order chi connectivity index (χ0) is 22.3. The lowest BCUT2D eigenvalue weighted by atomic mass is 10.1. The van der Waals surface area contributed by atoms with E-state index in [-0.39, 0.29) is 18.0 Å². The second-order valence-electron chi connectivity index (χ2n) is 7.53. The van der Waals surface area contributed by atoms with Gasteiger partial charge in [-0.25, -0.2) is 9.78 Å². The molecule has 8 heteroatoms. The molecule has 1 fully saturated rings. The molecule has 0 bridgehead atoms. The predicted molar refractivity (Wildman–Crippen MR) is 126 cm³/mol. The molecule has 1 aliphatic rings. The van der Waals surface area contributed by atoms with Gasteiger partial charge < -0.3 is 20.3 Å². The number of urea groups is 1. The number of nitrogens with zero attached hydrogens (tertiary/aromatic N) is 2. The second-order valence-corrected chi connectivity index (χ2v) is 8.38. The van der Waals surface area contributed by atoms with Crippen molar-refractivity contribution in [2.45, 2.75) is 25.8 Å². The summed E-state index contributed by atoms with van der Waals surface area (Å²) in [5, 5.41) is 8.54. The van der Waals surface area contributed by atoms with E-state index in [1.54, 1.807) is 10.3 Å². The highest BCUT2D eigenvalue weighted by Crippen LogP contribution is 2.26. The van der Waals surface area contributed by atoms with E-state index < -0.39 is 0 Å². The predicted octanol–water partition coefficient (Wildman–Crippen LogP) is 4.64. The maximum Gasteiger partial charge on any atom is 0.321 e. The molecule has 3 aromatic rings. The molecular weight excluding hydrogens is 424 g/mol. The summed E-state index contributed by atoms with van der Waals surface area (Å²) in [4.78, 5) is 31.4. The van der Waals surface area contributed by atoms with Crippen LogP contribution in [0.4, 0.5) is 10.5 Å². The lowest BCUT2D eigenvalue weighted by Gasteiger charge is -2.32. The number of carbonyl (C=O) groups excluding carboxylic acids is 2. The Morgan fingerprint density at radius 3 is 2.50 bits per heavy atom. The minimum atomic E-state index is -0.175. The Morgan fingerprint density at radius 2 is 1.81 bits per heavy atom.